The molecule has 4 aliphatic heterocycles. The number of Topliss-reactive ketones (excluding diaryl/α,β-unsaturated/α-hetero) is 1. The second kappa shape index (κ2) is 14.4. The molecule has 0 spiro atoms. The first-order valence-corrected chi connectivity index (χ1v) is 17.2. The van der Waals surface area contributed by atoms with E-state index in [0.29, 0.717) is 44.5 Å². The Bertz CT molecular complexity index is 1740. The maximum atomic E-state index is 13.4. The molecule has 0 aliphatic carbocycles. The van der Waals surface area contributed by atoms with Gasteiger partial charge in [-0.05, 0) is 54.5 Å². The second-order valence-electron chi connectivity index (χ2n) is 13.2. The predicted octanol–water partition coefficient (Wildman–Crippen LogP) is 4.19. The number of fused-ring (bicyclic) bond motifs is 1. The zero-order valence-corrected chi connectivity index (χ0v) is 27.5. The number of likely N-dealkylation sites (tertiary alicyclic amines) is 2. The van der Waals surface area contributed by atoms with Crippen LogP contribution in [0.15, 0.2) is 109 Å². The summed E-state index contributed by atoms with van der Waals surface area (Å²) in [5.74, 6) is 0.767. The first kappa shape index (κ1) is 32.2. The third-order valence-corrected chi connectivity index (χ3v) is 9.87. The molecule has 3 aromatic rings. The highest BCUT2D eigenvalue weighted by atomic mass is 16.2. The van der Waals surface area contributed by atoms with E-state index in [1.54, 1.807) is 9.80 Å². The van der Waals surface area contributed by atoms with Crippen molar-refractivity contribution < 1.29 is 19.2 Å². The number of nitrogens with zero attached hydrogens (tertiary/aromatic N) is 4. The minimum absolute atomic E-state index is 0.00102. The van der Waals surface area contributed by atoms with Crippen LogP contribution in [0.3, 0.4) is 0 Å². The van der Waals surface area contributed by atoms with Gasteiger partial charge in [-0.15, -0.1) is 0 Å². The molecule has 49 heavy (non-hydrogen) atoms. The van der Waals surface area contributed by atoms with E-state index in [1.165, 1.54) is 0 Å². The van der Waals surface area contributed by atoms with Crippen molar-refractivity contribution in [2.45, 2.75) is 56.7 Å². The maximum Gasteiger partial charge on any atom is 0.247 e. The Labute approximate surface area is 287 Å². The topological polar surface area (TPSA) is 105 Å². The van der Waals surface area contributed by atoms with Gasteiger partial charge in [0.05, 0.1) is 31.5 Å². The van der Waals surface area contributed by atoms with E-state index < -0.39 is 12.1 Å². The molecular weight excluding hydrogens is 616 g/mol. The van der Waals surface area contributed by atoms with E-state index in [0.717, 1.165) is 41.9 Å². The number of ketones is 1. The van der Waals surface area contributed by atoms with Crippen LogP contribution in [-0.2, 0) is 32.0 Å². The number of carbonyl (C=O) groups is 4. The molecule has 0 bridgehead atoms. The van der Waals surface area contributed by atoms with E-state index in [-0.39, 0.29) is 36.1 Å². The summed E-state index contributed by atoms with van der Waals surface area (Å²) in [5.41, 5.74) is 3.67. The van der Waals surface area contributed by atoms with E-state index in [2.05, 4.69) is 15.5 Å². The molecule has 0 radical (unpaired) electrons. The molecular formula is C39H42N6O4. The Morgan fingerprint density at radius 2 is 1.31 bits per heavy atom. The molecule has 2 N–H and O–H groups in total. The van der Waals surface area contributed by atoms with Gasteiger partial charge < -0.3 is 30.2 Å². The SMILES string of the molecule is O=C(CN1C=CN2CC(c3ccc(NC(=O)[C@@H]4CCCN4C(=O)Cc4ccccc4)cc3)NC2=C1)[C@@H]1CCCN1C(=O)Cc1ccccc1. The molecule has 3 amide bonds. The molecule has 0 aromatic heterocycles. The van der Waals surface area contributed by atoms with Gasteiger partial charge in [-0.25, -0.2) is 0 Å². The van der Waals surface area contributed by atoms with E-state index in [9.17, 15) is 19.2 Å². The van der Waals surface area contributed by atoms with Gasteiger partial charge in [0.2, 0.25) is 17.7 Å². The fourth-order valence-corrected chi connectivity index (χ4v) is 7.30. The molecule has 4 heterocycles. The molecule has 3 atom stereocenters. The van der Waals surface area contributed by atoms with Gasteiger partial charge >= 0.3 is 0 Å². The van der Waals surface area contributed by atoms with E-state index >= 15 is 0 Å². The van der Waals surface area contributed by atoms with Crippen molar-refractivity contribution in [3.05, 3.63) is 126 Å². The van der Waals surface area contributed by atoms with Crippen LogP contribution < -0.4 is 10.6 Å². The monoisotopic (exact) mass is 658 g/mol. The fourth-order valence-electron chi connectivity index (χ4n) is 7.30. The van der Waals surface area contributed by atoms with Gasteiger partial charge in [-0.3, -0.25) is 19.2 Å². The highest BCUT2D eigenvalue weighted by Gasteiger charge is 2.36. The molecule has 10 nitrogen and oxygen atoms in total. The van der Waals surface area contributed by atoms with Crippen molar-refractivity contribution in [2.24, 2.45) is 0 Å². The average molecular weight is 659 g/mol. The Morgan fingerprint density at radius 1 is 0.714 bits per heavy atom. The van der Waals surface area contributed by atoms with Crippen LogP contribution in [0.2, 0.25) is 0 Å². The summed E-state index contributed by atoms with van der Waals surface area (Å²) >= 11 is 0. The Kier molecular flexibility index (Phi) is 9.45. The van der Waals surface area contributed by atoms with Crippen molar-refractivity contribution in [1.29, 1.82) is 0 Å². The predicted molar refractivity (Wildman–Crippen MR) is 186 cm³/mol. The fraction of sp³-hybridized carbons (Fsp3) is 0.333. The Balaban J connectivity index is 0.915. The summed E-state index contributed by atoms with van der Waals surface area (Å²) in [7, 11) is 0. The molecule has 1 unspecified atom stereocenters. The zero-order chi connectivity index (χ0) is 33.7. The van der Waals surface area contributed by atoms with E-state index in [1.807, 2.05) is 108 Å². The van der Waals surface area contributed by atoms with Gasteiger partial charge in [-0.2, -0.15) is 0 Å². The average Bonchev–Trinajstić information content (AvgIpc) is 3.90. The smallest absolute Gasteiger partial charge is 0.247 e. The molecule has 3 fully saturated rings. The second-order valence-corrected chi connectivity index (χ2v) is 13.2. The van der Waals surface area contributed by atoms with Crippen LogP contribution in [-0.4, -0.2) is 81.4 Å². The number of hydrogen-bond donors (Lipinski definition) is 2. The largest absolute Gasteiger partial charge is 0.362 e. The van der Waals surface area contributed by atoms with Crippen LogP contribution in [0.25, 0.3) is 0 Å². The molecule has 4 aliphatic rings. The molecule has 3 aromatic carbocycles. The summed E-state index contributed by atoms with van der Waals surface area (Å²) < 4.78 is 0. The number of nitrogens with one attached hydrogen (secondary N) is 2. The number of hydrogen-bond acceptors (Lipinski definition) is 7. The summed E-state index contributed by atoms with van der Waals surface area (Å²) in [4.78, 5) is 60.1. The van der Waals surface area contributed by atoms with Crippen LogP contribution >= 0.6 is 0 Å². The standard InChI is InChI=1S/C39H42N6O4/c46-35(33-13-7-19-44(33)37(47)23-28-9-3-1-4-10-28)26-42-21-22-43-25-32(41-36(43)27-42)30-15-17-31(18-16-30)40-39(49)34-14-8-20-45(34)38(48)24-29-11-5-2-6-12-29/h1-6,9-12,15-18,21-22,27,32-34,41H,7-8,13-14,19-20,23-26H2,(H,40,49)/t32?,33-,34-/m0/s1. The van der Waals surface area contributed by atoms with Crippen molar-refractivity contribution in [1.82, 2.24) is 24.9 Å². The van der Waals surface area contributed by atoms with E-state index in [4.69, 9.17) is 0 Å². The molecule has 7 rings (SSSR count). The third kappa shape index (κ3) is 7.38. The lowest BCUT2D eigenvalue weighted by atomic mass is 10.1. The van der Waals surface area contributed by atoms with Crippen molar-refractivity contribution >= 4 is 29.2 Å². The zero-order valence-electron chi connectivity index (χ0n) is 27.5. The summed E-state index contributed by atoms with van der Waals surface area (Å²) in [6, 6.07) is 26.3. The Hall–Kier alpha value is -5.38. The molecule has 0 saturated carbocycles. The maximum absolute atomic E-state index is 13.4. The molecule has 10 heteroatoms. The van der Waals surface area contributed by atoms with Gasteiger partial charge in [0, 0.05) is 43.9 Å². The van der Waals surface area contributed by atoms with Gasteiger partial charge in [-0.1, -0.05) is 72.8 Å². The van der Waals surface area contributed by atoms with Crippen LogP contribution in [0, 0.1) is 0 Å². The van der Waals surface area contributed by atoms with Crippen LogP contribution in [0.4, 0.5) is 5.69 Å². The first-order chi connectivity index (χ1) is 23.9. The number of amides is 3. The van der Waals surface area contributed by atoms with Crippen molar-refractivity contribution in [3.8, 4) is 0 Å². The van der Waals surface area contributed by atoms with Gasteiger partial charge in [0.15, 0.2) is 5.78 Å². The minimum Gasteiger partial charge on any atom is -0.362 e. The van der Waals surface area contributed by atoms with Gasteiger partial charge in [0.1, 0.15) is 11.9 Å². The number of benzene rings is 3. The number of anilines is 1. The lowest BCUT2D eigenvalue weighted by molar-refractivity contribution is -0.137. The van der Waals surface area contributed by atoms with Crippen molar-refractivity contribution in [3.63, 3.8) is 0 Å². The van der Waals surface area contributed by atoms with Gasteiger partial charge in [0.25, 0.3) is 0 Å². The number of carbonyl (C=O) groups excluding carboxylic acids is 4. The first-order valence-electron chi connectivity index (χ1n) is 17.2. The summed E-state index contributed by atoms with van der Waals surface area (Å²) in [6.45, 7) is 2.13. The highest BCUT2D eigenvalue weighted by Crippen LogP contribution is 2.29. The normalized spacial score (nSPS) is 21.3. The summed E-state index contributed by atoms with van der Waals surface area (Å²) in [6.07, 6.45) is 9.43. The lowest BCUT2D eigenvalue weighted by Gasteiger charge is -2.28. The molecule has 3 saturated heterocycles. The lowest BCUT2D eigenvalue weighted by Crippen LogP contribution is -2.44. The third-order valence-electron chi connectivity index (χ3n) is 9.87. The Morgan fingerprint density at radius 3 is 1.94 bits per heavy atom. The highest BCUT2D eigenvalue weighted by molar-refractivity contribution is 5.97. The molecule has 252 valence electrons. The minimum atomic E-state index is -0.469. The quantitative estimate of drug-likeness (QED) is 0.337. The number of rotatable bonds is 10. The summed E-state index contributed by atoms with van der Waals surface area (Å²) in [5, 5.41) is 6.59. The van der Waals surface area contributed by atoms with Crippen molar-refractivity contribution in [2.75, 3.05) is 31.5 Å². The van der Waals surface area contributed by atoms with Crippen LogP contribution in [0.5, 0.6) is 0 Å². The van der Waals surface area contributed by atoms with Crippen LogP contribution in [0.1, 0.15) is 48.4 Å².